The van der Waals surface area contributed by atoms with Crippen LogP contribution in [0.1, 0.15) is 17.3 Å². The highest BCUT2D eigenvalue weighted by atomic mass is 16.5. The van der Waals surface area contributed by atoms with E-state index in [1.54, 1.807) is 7.11 Å². The third-order valence-corrected chi connectivity index (χ3v) is 4.64. The number of tetrazole rings is 1. The van der Waals surface area contributed by atoms with Gasteiger partial charge in [0.15, 0.2) is 5.82 Å². The van der Waals surface area contributed by atoms with Gasteiger partial charge in [-0.15, -0.1) is 10.2 Å². The second kappa shape index (κ2) is 7.87. The van der Waals surface area contributed by atoms with Crippen LogP contribution in [0.2, 0.25) is 0 Å². The molecule has 1 amide bonds. The monoisotopic (exact) mass is 373 g/mol. The lowest BCUT2D eigenvalue weighted by Crippen LogP contribution is -2.24. The van der Waals surface area contributed by atoms with Crippen LogP contribution in [-0.2, 0) is 11.2 Å². The molecule has 28 heavy (non-hydrogen) atoms. The van der Waals surface area contributed by atoms with Crippen LogP contribution >= 0.6 is 0 Å². The Morgan fingerprint density at radius 1 is 1.07 bits per heavy atom. The zero-order chi connectivity index (χ0) is 19.3. The number of carbonyl (C=O) groups excluding carboxylic acids is 1. The van der Waals surface area contributed by atoms with Gasteiger partial charge >= 0.3 is 0 Å². The van der Waals surface area contributed by atoms with Gasteiger partial charge in [-0.3, -0.25) is 4.79 Å². The van der Waals surface area contributed by atoms with E-state index in [-0.39, 0.29) is 5.91 Å². The first kappa shape index (κ1) is 17.7. The Kier molecular flexibility index (Phi) is 4.97. The summed E-state index contributed by atoms with van der Waals surface area (Å²) < 4.78 is 5.19. The van der Waals surface area contributed by atoms with Crippen LogP contribution in [0.25, 0.3) is 10.8 Å². The van der Waals surface area contributed by atoms with Gasteiger partial charge in [-0.2, -0.15) is 5.21 Å². The van der Waals surface area contributed by atoms with Gasteiger partial charge in [-0.05, 0) is 35.6 Å². The SMILES string of the molecule is COc1ccc(CC(C(=O)Nc2cccc3ccccc23)c2nn[nH]n2)cc1. The minimum absolute atomic E-state index is 0.187. The minimum Gasteiger partial charge on any atom is -0.497 e. The van der Waals surface area contributed by atoms with Crippen LogP contribution in [0.3, 0.4) is 0 Å². The quantitative estimate of drug-likeness (QED) is 0.541. The van der Waals surface area contributed by atoms with E-state index in [2.05, 4.69) is 25.9 Å². The molecule has 2 N–H and O–H groups in total. The van der Waals surface area contributed by atoms with Gasteiger partial charge in [-0.1, -0.05) is 53.7 Å². The van der Waals surface area contributed by atoms with Crippen molar-refractivity contribution >= 4 is 22.4 Å². The van der Waals surface area contributed by atoms with E-state index in [1.807, 2.05) is 66.7 Å². The molecule has 0 aliphatic rings. The van der Waals surface area contributed by atoms with Crippen LogP contribution in [0.15, 0.2) is 66.7 Å². The average molecular weight is 373 g/mol. The molecule has 4 aromatic rings. The lowest BCUT2D eigenvalue weighted by molar-refractivity contribution is -0.117. The normalized spacial score (nSPS) is 11.9. The fraction of sp³-hybridized carbons (Fsp3) is 0.143. The van der Waals surface area contributed by atoms with E-state index < -0.39 is 5.92 Å². The Bertz CT molecular complexity index is 1070. The highest BCUT2D eigenvalue weighted by Crippen LogP contribution is 2.26. The Morgan fingerprint density at radius 2 is 1.86 bits per heavy atom. The Hall–Kier alpha value is -3.74. The van der Waals surface area contributed by atoms with E-state index in [1.165, 1.54) is 0 Å². The highest BCUT2D eigenvalue weighted by molar-refractivity contribution is 6.04. The molecular formula is C21H19N5O2. The molecule has 3 aromatic carbocycles. The lowest BCUT2D eigenvalue weighted by Gasteiger charge is -2.15. The molecule has 1 heterocycles. The summed E-state index contributed by atoms with van der Waals surface area (Å²) in [7, 11) is 1.62. The number of nitrogens with one attached hydrogen (secondary N) is 2. The molecule has 1 aromatic heterocycles. The summed E-state index contributed by atoms with van der Waals surface area (Å²) in [6, 6.07) is 21.3. The second-order valence-electron chi connectivity index (χ2n) is 6.39. The number of fused-ring (bicyclic) bond motifs is 1. The average Bonchev–Trinajstić information content (AvgIpc) is 3.27. The maximum Gasteiger partial charge on any atom is 0.235 e. The van der Waals surface area contributed by atoms with Crippen molar-refractivity contribution in [2.24, 2.45) is 0 Å². The maximum absolute atomic E-state index is 13.1. The van der Waals surface area contributed by atoms with Gasteiger partial charge in [-0.25, -0.2) is 0 Å². The van der Waals surface area contributed by atoms with Crippen LogP contribution in [0.5, 0.6) is 5.75 Å². The Balaban J connectivity index is 1.61. The van der Waals surface area contributed by atoms with Crippen molar-refractivity contribution in [3.63, 3.8) is 0 Å². The zero-order valence-corrected chi connectivity index (χ0v) is 15.3. The number of hydrogen-bond donors (Lipinski definition) is 2. The molecule has 0 aliphatic heterocycles. The van der Waals surface area contributed by atoms with Gasteiger partial charge in [0.1, 0.15) is 11.7 Å². The third-order valence-electron chi connectivity index (χ3n) is 4.64. The minimum atomic E-state index is -0.578. The number of ether oxygens (including phenoxy) is 1. The molecule has 0 saturated heterocycles. The first-order valence-electron chi connectivity index (χ1n) is 8.89. The molecule has 0 bridgehead atoms. The molecule has 140 valence electrons. The Morgan fingerprint density at radius 3 is 2.61 bits per heavy atom. The van der Waals surface area contributed by atoms with Crippen molar-refractivity contribution in [3.8, 4) is 5.75 Å². The summed E-state index contributed by atoms with van der Waals surface area (Å²) in [5.41, 5.74) is 1.73. The van der Waals surface area contributed by atoms with Crippen LogP contribution in [0, 0.1) is 0 Å². The van der Waals surface area contributed by atoms with E-state index in [0.29, 0.717) is 12.2 Å². The summed E-state index contributed by atoms with van der Waals surface area (Å²) in [5, 5.41) is 19.2. The summed E-state index contributed by atoms with van der Waals surface area (Å²) in [5.74, 6) is 0.355. The van der Waals surface area contributed by atoms with Crippen LogP contribution in [-0.4, -0.2) is 33.6 Å². The number of benzene rings is 3. The standard InChI is InChI=1S/C21H19N5O2/c1-28-16-11-9-14(10-12-16)13-18(20-23-25-26-24-20)21(27)22-19-8-4-6-15-5-2-3-7-17(15)19/h2-12,18H,13H2,1H3,(H,22,27)(H,23,24,25,26). The fourth-order valence-corrected chi connectivity index (χ4v) is 3.17. The number of hydrogen-bond acceptors (Lipinski definition) is 5. The van der Waals surface area contributed by atoms with E-state index in [9.17, 15) is 4.79 Å². The molecule has 7 heteroatoms. The lowest BCUT2D eigenvalue weighted by atomic mass is 9.97. The highest BCUT2D eigenvalue weighted by Gasteiger charge is 2.26. The molecule has 4 rings (SSSR count). The van der Waals surface area contributed by atoms with E-state index in [4.69, 9.17) is 4.74 Å². The topological polar surface area (TPSA) is 92.8 Å². The molecule has 1 unspecified atom stereocenters. The largest absolute Gasteiger partial charge is 0.497 e. The van der Waals surface area contributed by atoms with E-state index in [0.717, 1.165) is 27.8 Å². The number of nitrogens with zero attached hydrogens (tertiary/aromatic N) is 3. The van der Waals surface area contributed by atoms with Crippen molar-refractivity contribution < 1.29 is 9.53 Å². The zero-order valence-electron chi connectivity index (χ0n) is 15.3. The molecule has 0 spiro atoms. The number of carbonyl (C=O) groups is 1. The van der Waals surface area contributed by atoms with Crippen LogP contribution in [0.4, 0.5) is 5.69 Å². The predicted octanol–water partition coefficient (Wildman–Crippen LogP) is 3.33. The summed E-state index contributed by atoms with van der Waals surface area (Å²) in [4.78, 5) is 13.1. The molecular weight excluding hydrogens is 354 g/mol. The van der Waals surface area contributed by atoms with Gasteiger partial charge in [0.05, 0.1) is 7.11 Å². The Labute approximate surface area is 161 Å². The van der Waals surface area contributed by atoms with Crippen molar-refractivity contribution in [1.82, 2.24) is 20.6 Å². The van der Waals surface area contributed by atoms with Crippen molar-refractivity contribution in [1.29, 1.82) is 0 Å². The molecule has 1 atom stereocenters. The van der Waals surface area contributed by atoms with Crippen molar-refractivity contribution in [2.75, 3.05) is 12.4 Å². The first-order valence-corrected chi connectivity index (χ1v) is 8.89. The molecule has 0 radical (unpaired) electrons. The summed E-state index contributed by atoms with van der Waals surface area (Å²) in [6.45, 7) is 0. The second-order valence-corrected chi connectivity index (χ2v) is 6.39. The fourth-order valence-electron chi connectivity index (χ4n) is 3.17. The molecule has 0 fully saturated rings. The first-order chi connectivity index (χ1) is 13.7. The molecule has 0 aliphatic carbocycles. The van der Waals surface area contributed by atoms with Gasteiger partial charge in [0.25, 0.3) is 0 Å². The van der Waals surface area contributed by atoms with Crippen molar-refractivity contribution in [3.05, 3.63) is 78.1 Å². The van der Waals surface area contributed by atoms with Gasteiger partial charge in [0.2, 0.25) is 5.91 Å². The number of rotatable bonds is 6. The smallest absolute Gasteiger partial charge is 0.235 e. The third kappa shape index (κ3) is 3.68. The summed E-state index contributed by atoms with van der Waals surface area (Å²) >= 11 is 0. The number of amides is 1. The molecule has 0 saturated carbocycles. The van der Waals surface area contributed by atoms with Crippen molar-refractivity contribution in [2.45, 2.75) is 12.3 Å². The number of H-pyrrole nitrogens is 1. The number of aromatic nitrogens is 4. The van der Waals surface area contributed by atoms with E-state index >= 15 is 0 Å². The maximum atomic E-state index is 13.1. The van der Waals surface area contributed by atoms with Crippen LogP contribution < -0.4 is 10.1 Å². The van der Waals surface area contributed by atoms with Gasteiger partial charge < -0.3 is 10.1 Å². The summed E-state index contributed by atoms with van der Waals surface area (Å²) in [6.07, 6.45) is 0.445. The number of aromatic amines is 1. The number of methoxy groups -OCH3 is 1. The number of anilines is 1. The molecule has 7 nitrogen and oxygen atoms in total. The van der Waals surface area contributed by atoms with Gasteiger partial charge in [0, 0.05) is 11.1 Å². The predicted molar refractivity (Wildman–Crippen MR) is 106 cm³/mol.